The van der Waals surface area contributed by atoms with Crippen molar-refractivity contribution in [3.05, 3.63) is 18.2 Å². The standard InChI is InChI=1S/C9H10O3/c1-9(2)11-7-4-3-6(10)5-8(7)12-9/h3-5,10H,1-2H3. The second-order valence-corrected chi connectivity index (χ2v) is 3.23. The summed E-state index contributed by atoms with van der Waals surface area (Å²) in [6.07, 6.45) is 0. The van der Waals surface area contributed by atoms with E-state index in [4.69, 9.17) is 14.6 Å². The Bertz CT molecular complexity index is 318. The summed E-state index contributed by atoms with van der Waals surface area (Å²) in [6, 6.07) is 4.81. The lowest BCUT2D eigenvalue weighted by Crippen LogP contribution is -2.29. The van der Waals surface area contributed by atoms with Crippen LogP contribution in [0, 0.1) is 0 Å². The van der Waals surface area contributed by atoms with Gasteiger partial charge in [-0.25, -0.2) is 0 Å². The Morgan fingerprint density at radius 1 is 1.17 bits per heavy atom. The van der Waals surface area contributed by atoms with Crippen LogP contribution in [0.15, 0.2) is 18.2 Å². The van der Waals surface area contributed by atoms with Crippen LogP contribution in [-0.4, -0.2) is 10.9 Å². The molecule has 3 heteroatoms. The number of benzene rings is 1. The lowest BCUT2D eigenvalue weighted by atomic mass is 10.3. The smallest absolute Gasteiger partial charge is 0.246 e. The Kier molecular flexibility index (Phi) is 1.25. The molecule has 1 aliphatic rings. The van der Waals surface area contributed by atoms with Gasteiger partial charge >= 0.3 is 0 Å². The average molecular weight is 166 g/mol. The van der Waals surface area contributed by atoms with Crippen molar-refractivity contribution >= 4 is 0 Å². The number of hydrogen-bond donors (Lipinski definition) is 1. The number of rotatable bonds is 0. The summed E-state index contributed by atoms with van der Waals surface area (Å²) < 4.78 is 10.8. The van der Waals surface area contributed by atoms with Crippen LogP contribution in [0.1, 0.15) is 13.8 Å². The fourth-order valence-electron chi connectivity index (χ4n) is 1.21. The highest BCUT2D eigenvalue weighted by molar-refractivity contribution is 5.47. The number of fused-ring (bicyclic) bond motifs is 1. The molecule has 0 unspecified atom stereocenters. The van der Waals surface area contributed by atoms with Gasteiger partial charge in [-0.3, -0.25) is 0 Å². The highest BCUT2D eigenvalue weighted by atomic mass is 16.7. The molecule has 1 aromatic rings. The maximum atomic E-state index is 9.13. The number of phenolic OH excluding ortho intramolecular Hbond substituents is 1. The first-order chi connectivity index (χ1) is 5.57. The topological polar surface area (TPSA) is 38.7 Å². The molecule has 1 N–H and O–H groups in total. The van der Waals surface area contributed by atoms with Crippen LogP contribution in [0.2, 0.25) is 0 Å². The van der Waals surface area contributed by atoms with Gasteiger partial charge in [-0.15, -0.1) is 0 Å². The lowest BCUT2D eigenvalue weighted by molar-refractivity contribution is -0.0431. The first-order valence-electron chi connectivity index (χ1n) is 3.78. The van der Waals surface area contributed by atoms with Crippen LogP contribution in [0.3, 0.4) is 0 Å². The van der Waals surface area contributed by atoms with Crippen molar-refractivity contribution in [1.29, 1.82) is 0 Å². The zero-order valence-electron chi connectivity index (χ0n) is 7.00. The van der Waals surface area contributed by atoms with E-state index in [1.807, 2.05) is 13.8 Å². The molecular formula is C9H10O3. The monoisotopic (exact) mass is 166 g/mol. The molecule has 0 aromatic heterocycles. The molecule has 0 aliphatic carbocycles. The third-order valence-corrected chi connectivity index (χ3v) is 1.64. The summed E-state index contributed by atoms with van der Waals surface area (Å²) in [7, 11) is 0. The van der Waals surface area contributed by atoms with E-state index in [1.165, 1.54) is 0 Å². The van der Waals surface area contributed by atoms with Gasteiger partial charge in [0.1, 0.15) is 5.75 Å². The van der Waals surface area contributed by atoms with Crippen LogP contribution >= 0.6 is 0 Å². The molecule has 0 atom stereocenters. The minimum absolute atomic E-state index is 0.190. The fourth-order valence-corrected chi connectivity index (χ4v) is 1.21. The van der Waals surface area contributed by atoms with Gasteiger partial charge in [0.2, 0.25) is 5.79 Å². The molecule has 2 rings (SSSR count). The van der Waals surface area contributed by atoms with Crippen molar-refractivity contribution in [1.82, 2.24) is 0 Å². The first-order valence-corrected chi connectivity index (χ1v) is 3.78. The summed E-state index contributed by atoms with van der Waals surface area (Å²) in [5.74, 6) is 0.851. The second-order valence-electron chi connectivity index (χ2n) is 3.23. The van der Waals surface area contributed by atoms with Crippen LogP contribution in [0.4, 0.5) is 0 Å². The molecule has 1 aromatic carbocycles. The summed E-state index contributed by atoms with van der Waals surface area (Å²) >= 11 is 0. The van der Waals surface area contributed by atoms with Crippen LogP contribution < -0.4 is 9.47 Å². The van der Waals surface area contributed by atoms with Gasteiger partial charge in [0.05, 0.1) is 0 Å². The number of hydrogen-bond acceptors (Lipinski definition) is 3. The van der Waals surface area contributed by atoms with Gasteiger partial charge in [0, 0.05) is 19.9 Å². The van der Waals surface area contributed by atoms with Crippen molar-refractivity contribution in [2.45, 2.75) is 19.6 Å². The minimum atomic E-state index is -0.615. The molecule has 1 heterocycles. The third kappa shape index (κ3) is 1.07. The average Bonchev–Trinajstić information content (AvgIpc) is 2.21. The molecule has 0 saturated heterocycles. The Morgan fingerprint density at radius 2 is 1.83 bits per heavy atom. The zero-order chi connectivity index (χ0) is 8.77. The Balaban J connectivity index is 2.43. The van der Waals surface area contributed by atoms with E-state index in [0.717, 1.165) is 0 Å². The molecule has 0 spiro atoms. The molecule has 0 fully saturated rings. The number of ether oxygens (including phenoxy) is 2. The molecule has 64 valence electrons. The van der Waals surface area contributed by atoms with Gasteiger partial charge in [-0.05, 0) is 12.1 Å². The van der Waals surface area contributed by atoms with Crippen molar-refractivity contribution in [3.63, 3.8) is 0 Å². The minimum Gasteiger partial charge on any atom is -0.508 e. The highest BCUT2D eigenvalue weighted by Gasteiger charge is 2.31. The highest BCUT2D eigenvalue weighted by Crippen LogP contribution is 2.40. The van der Waals surface area contributed by atoms with Crippen molar-refractivity contribution in [3.8, 4) is 17.2 Å². The molecule has 0 radical (unpaired) electrons. The molecule has 12 heavy (non-hydrogen) atoms. The maximum absolute atomic E-state index is 9.13. The Morgan fingerprint density at radius 3 is 2.58 bits per heavy atom. The van der Waals surface area contributed by atoms with Gasteiger partial charge in [0.25, 0.3) is 0 Å². The zero-order valence-corrected chi connectivity index (χ0v) is 7.00. The van der Waals surface area contributed by atoms with Gasteiger partial charge < -0.3 is 14.6 Å². The van der Waals surface area contributed by atoms with E-state index in [-0.39, 0.29) is 5.75 Å². The molecule has 0 bridgehead atoms. The van der Waals surface area contributed by atoms with E-state index in [0.29, 0.717) is 11.5 Å². The van der Waals surface area contributed by atoms with Crippen molar-refractivity contribution in [2.75, 3.05) is 0 Å². The summed E-state index contributed by atoms with van der Waals surface area (Å²) in [4.78, 5) is 0. The van der Waals surface area contributed by atoms with E-state index < -0.39 is 5.79 Å². The van der Waals surface area contributed by atoms with E-state index in [2.05, 4.69) is 0 Å². The summed E-state index contributed by atoms with van der Waals surface area (Å²) in [5, 5.41) is 9.13. The molecule has 0 saturated carbocycles. The predicted octanol–water partition coefficient (Wildman–Crippen LogP) is 1.90. The van der Waals surface area contributed by atoms with E-state index in [1.54, 1.807) is 18.2 Å². The fraction of sp³-hybridized carbons (Fsp3) is 0.333. The Hall–Kier alpha value is -1.38. The van der Waals surface area contributed by atoms with E-state index >= 15 is 0 Å². The quantitative estimate of drug-likeness (QED) is 0.639. The number of aromatic hydroxyl groups is 1. The number of phenols is 1. The van der Waals surface area contributed by atoms with Gasteiger partial charge in [-0.2, -0.15) is 0 Å². The van der Waals surface area contributed by atoms with Crippen LogP contribution in [0.25, 0.3) is 0 Å². The second kappa shape index (κ2) is 2.06. The first kappa shape index (κ1) is 7.28. The van der Waals surface area contributed by atoms with Crippen molar-refractivity contribution in [2.24, 2.45) is 0 Å². The Labute approximate surface area is 70.5 Å². The van der Waals surface area contributed by atoms with Gasteiger partial charge in [-0.1, -0.05) is 0 Å². The molecule has 0 amide bonds. The summed E-state index contributed by atoms with van der Waals surface area (Å²) in [6.45, 7) is 3.65. The van der Waals surface area contributed by atoms with Gasteiger partial charge in [0.15, 0.2) is 11.5 Å². The van der Waals surface area contributed by atoms with Crippen LogP contribution in [-0.2, 0) is 0 Å². The molecule has 3 nitrogen and oxygen atoms in total. The van der Waals surface area contributed by atoms with E-state index in [9.17, 15) is 0 Å². The summed E-state index contributed by atoms with van der Waals surface area (Å²) in [5.41, 5.74) is 0. The molecule has 1 aliphatic heterocycles. The van der Waals surface area contributed by atoms with Crippen LogP contribution in [0.5, 0.6) is 17.2 Å². The predicted molar refractivity (Wildman–Crippen MR) is 43.4 cm³/mol. The molecular weight excluding hydrogens is 156 g/mol. The largest absolute Gasteiger partial charge is 0.508 e. The normalized spacial score (nSPS) is 17.8. The third-order valence-electron chi connectivity index (χ3n) is 1.64. The SMILES string of the molecule is CC1(C)Oc2ccc(O)cc2O1. The van der Waals surface area contributed by atoms with Crippen molar-refractivity contribution < 1.29 is 14.6 Å². The maximum Gasteiger partial charge on any atom is 0.246 e. The lowest BCUT2D eigenvalue weighted by Gasteiger charge is -2.16.